The fourth-order valence-electron chi connectivity index (χ4n) is 0.954. The maximum atomic E-state index is 11.1. The van der Waals surface area contributed by atoms with E-state index in [0.29, 0.717) is 19.4 Å². The van der Waals surface area contributed by atoms with E-state index < -0.39 is 0 Å². The average Bonchev–Trinajstić information content (AvgIpc) is 2.20. The first kappa shape index (κ1) is 14.4. The molecule has 0 bridgehead atoms. The van der Waals surface area contributed by atoms with Gasteiger partial charge in [0.1, 0.15) is 0 Å². The molecule has 0 rings (SSSR count). The summed E-state index contributed by atoms with van der Waals surface area (Å²) in [5.74, 6) is 0.0157. The normalized spacial score (nSPS) is 11.9. The van der Waals surface area contributed by atoms with Crippen LogP contribution in [0.2, 0.25) is 0 Å². The molecule has 0 saturated heterocycles. The molecule has 0 fully saturated rings. The second-order valence-corrected chi connectivity index (χ2v) is 4.73. The molecule has 2 amide bonds. The third kappa shape index (κ3) is 8.42. The summed E-state index contributed by atoms with van der Waals surface area (Å²) in [7, 11) is 0. The van der Waals surface area contributed by atoms with Crippen LogP contribution in [0.5, 0.6) is 0 Å². The Balaban J connectivity index is 3.38. The molecule has 1 atom stereocenters. The zero-order valence-corrected chi connectivity index (χ0v) is 10.9. The van der Waals surface area contributed by atoms with Crippen LogP contribution in [0.25, 0.3) is 0 Å². The van der Waals surface area contributed by atoms with E-state index in [-0.39, 0.29) is 16.6 Å². The molecule has 88 valence electrons. The van der Waals surface area contributed by atoms with E-state index in [4.69, 9.17) is 0 Å². The number of hydrogen-bond donors (Lipinski definition) is 2. The van der Waals surface area contributed by atoms with Crippen molar-refractivity contribution in [2.45, 2.75) is 37.9 Å². The fraction of sp³-hybridized carbons (Fsp3) is 0.800. The Kier molecular flexibility index (Phi) is 8.37. The molecule has 0 aliphatic carbocycles. The molecule has 0 aliphatic heterocycles. The Morgan fingerprint density at radius 3 is 2.47 bits per heavy atom. The van der Waals surface area contributed by atoms with Gasteiger partial charge < -0.3 is 10.6 Å². The zero-order valence-electron chi connectivity index (χ0n) is 9.31. The van der Waals surface area contributed by atoms with Crippen LogP contribution in [0.4, 0.5) is 0 Å². The van der Waals surface area contributed by atoms with Crippen molar-refractivity contribution >= 4 is 27.7 Å². The monoisotopic (exact) mass is 278 g/mol. The van der Waals surface area contributed by atoms with Gasteiger partial charge in [0.2, 0.25) is 11.8 Å². The van der Waals surface area contributed by atoms with Gasteiger partial charge in [-0.25, -0.2) is 0 Å². The summed E-state index contributed by atoms with van der Waals surface area (Å²) in [6.45, 7) is 5.05. The van der Waals surface area contributed by atoms with Crippen molar-refractivity contribution in [2.75, 3.05) is 13.1 Å². The highest BCUT2D eigenvalue weighted by Crippen LogP contribution is 1.96. The Hall–Kier alpha value is -0.580. The minimum Gasteiger partial charge on any atom is -0.356 e. The number of carbonyl (C=O) groups excluding carboxylic acids is 2. The predicted octanol–water partition coefficient (Wildman–Crippen LogP) is 1.19. The second-order valence-electron chi connectivity index (χ2n) is 3.36. The van der Waals surface area contributed by atoms with Crippen LogP contribution in [-0.4, -0.2) is 29.7 Å². The molecule has 0 spiro atoms. The number of amides is 2. The molecule has 0 aromatic carbocycles. The first-order valence-electron chi connectivity index (χ1n) is 5.26. The minimum atomic E-state index is -0.175. The van der Waals surface area contributed by atoms with Crippen molar-refractivity contribution in [3.05, 3.63) is 0 Å². The summed E-state index contributed by atoms with van der Waals surface area (Å²) >= 11 is 3.16. The number of hydrogen-bond acceptors (Lipinski definition) is 2. The van der Waals surface area contributed by atoms with E-state index in [0.717, 1.165) is 13.0 Å². The summed E-state index contributed by atoms with van der Waals surface area (Å²) in [6, 6.07) is 0. The van der Waals surface area contributed by atoms with Gasteiger partial charge in [0.15, 0.2) is 0 Å². The fourth-order valence-corrected chi connectivity index (χ4v) is 1.12. The molecule has 0 aliphatic rings. The highest BCUT2D eigenvalue weighted by molar-refractivity contribution is 9.10. The van der Waals surface area contributed by atoms with Crippen molar-refractivity contribution < 1.29 is 9.59 Å². The standard InChI is InChI=1S/C10H19BrN2O2/c1-3-6-12-9(14)5-4-7-13-10(15)8(2)11/h8H,3-7H2,1-2H3,(H,12,14)(H,13,15). The summed E-state index contributed by atoms with van der Waals surface area (Å²) in [5.41, 5.74) is 0. The first-order chi connectivity index (χ1) is 7.07. The largest absolute Gasteiger partial charge is 0.356 e. The van der Waals surface area contributed by atoms with Gasteiger partial charge in [-0.05, 0) is 19.8 Å². The second kappa shape index (κ2) is 8.71. The quantitative estimate of drug-likeness (QED) is 0.543. The highest BCUT2D eigenvalue weighted by atomic mass is 79.9. The van der Waals surface area contributed by atoms with Crippen molar-refractivity contribution in [3.63, 3.8) is 0 Å². The highest BCUT2D eigenvalue weighted by Gasteiger charge is 2.07. The molecule has 1 unspecified atom stereocenters. The van der Waals surface area contributed by atoms with Gasteiger partial charge in [-0.1, -0.05) is 22.9 Å². The van der Waals surface area contributed by atoms with E-state index in [1.807, 2.05) is 6.92 Å². The van der Waals surface area contributed by atoms with Crippen molar-refractivity contribution in [1.82, 2.24) is 10.6 Å². The molecule has 4 nitrogen and oxygen atoms in total. The molecule has 2 N–H and O–H groups in total. The third-order valence-corrected chi connectivity index (χ3v) is 2.23. The molecular formula is C10H19BrN2O2. The molecule has 0 heterocycles. The molecule has 0 aromatic rings. The van der Waals surface area contributed by atoms with Gasteiger partial charge in [0, 0.05) is 19.5 Å². The Bertz CT molecular complexity index is 208. The number of halogens is 1. The van der Waals surface area contributed by atoms with E-state index in [1.54, 1.807) is 6.92 Å². The van der Waals surface area contributed by atoms with Gasteiger partial charge >= 0.3 is 0 Å². The number of rotatable bonds is 7. The van der Waals surface area contributed by atoms with Gasteiger partial charge in [-0.3, -0.25) is 9.59 Å². The lowest BCUT2D eigenvalue weighted by Gasteiger charge is -2.06. The van der Waals surface area contributed by atoms with Crippen LogP contribution >= 0.6 is 15.9 Å². The van der Waals surface area contributed by atoms with Gasteiger partial charge in [-0.15, -0.1) is 0 Å². The van der Waals surface area contributed by atoms with Gasteiger partial charge in [-0.2, -0.15) is 0 Å². The Labute approximate surface area is 99.3 Å². The summed E-state index contributed by atoms with van der Waals surface area (Å²) in [5, 5.41) is 5.51. The van der Waals surface area contributed by atoms with Crippen LogP contribution in [0.3, 0.4) is 0 Å². The van der Waals surface area contributed by atoms with E-state index >= 15 is 0 Å². The molecule has 5 heteroatoms. The lowest BCUT2D eigenvalue weighted by Crippen LogP contribution is -2.31. The summed E-state index contributed by atoms with van der Waals surface area (Å²) in [4.78, 5) is 22.1. The SMILES string of the molecule is CCCNC(=O)CCCNC(=O)C(C)Br. The number of carbonyl (C=O) groups is 2. The molecule has 0 aromatic heterocycles. The van der Waals surface area contributed by atoms with Crippen LogP contribution in [0.15, 0.2) is 0 Å². The maximum Gasteiger partial charge on any atom is 0.233 e. The van der Waals surface area contributed by atoms with Crippen molar-refractivity contribution in [3.8, 4) is 0 Å². The van der Waals surface area contributed by atoms with Crippen molar-refractivity contribution in [1.29, 1.82) is 0 Å². The number of alkyl halides is 1. The van der Waals surface area contributed by atoms with Crippen LogP contribution in [-0.2, 0) is 9.59 Å². The van der Waals surface area contributed by atoms with Gasteiger partial charge in [0.25, 0.3) is 0 Å². The molecule has 0 saturated carbocycles. The maximum absolute atomic E-state index is 11.1. The smallest absolute Gasteiger partial charge is 0.233 e. The first-order valence-corrected chi connectivity index (χ1v) is 6.18. The lowest BCUT2D eigenvalue weighted by molar-refractivity contribution is -0.122. The minimum absolute atomic E-state index is 0.0380. The topological polar surface area (TPSA) is 58.2 Å². The van der Waals surface area contributed by atoms with Crippen molar-refractivity contribution in [2.24, 2.45) is 0 Å². The van der Waals surface area contributed by atoms with Crippen LogP contribution < -0.4 is 10.6 Å². The third-order valence-electron chi connectivity index (χ3n) is 1.81. The van der Waals surface area contributed by atoms with E-state index in [2.05, 4.69) is 26.6 Å². The van der Waals surface area contributed by atoms with Gasteiger partial charge in [0.05, 0.1) is 4.83 Å². The van der Waals surface area contributed by atoms with Crippen LogP contribution in [0, 0.1) is 0 Å². The summed E-state index contributed by atoms with van der Waals surface area (Å²) in [6.07, 6.45) is 2.10. The van der Waals surface area contributed by atoms with E-state index in [9.17, 15) is 9.59 Å². The van der Waals surface area contributed by atoms with E-state index in [1.165, 1.54) is 0 Å². The Morgan fingerprint density at radius 2 is 1.93 bits per heavy atom. The zero-order chi connectivity index (χ0) is 11.7. The average molecular weight is 279 g/mol. The lowest BCUT2D eigenvalue weighted by atomic mass is 10.3. The molecule has 15 heavy (non-hydrogen) atoms. The van der Waals surface area contributed by atoms with Crippen LogP contribution in [0.1, 0.15) is 33.1 Å². The molecular weight excluding hydrogens is 260 g/mol. The Morgan fingerprint density at radius 1 is 1.27 bits per heavy atom. The summed E-state index contributed by atoms with van der Waals surface area (Å²) < 4.78 is 0. The molecule has 0 radical (unpaired) electrons. The number of nitrogens with one attached hydrogen (secondary N) is 2. The predicted molar refractivity (Wildman–Crippen MR) is 63.9 cm³/mol.